The third-order valence-corrected chi connectivity index (χ3v) is 2.13. The highest BCUT2D eigenvalue weighted by Crippen LogP contribution is 2.12. The Morgan fingerprint density at radius 2 is 2.20 bits per heavy atom. The van der Waals surface area contributed by atoms with Crippen molar-refractivity contribution in [1.82, 2.24) is 9.88 Å². The average Bonchev–Trinajstić information content (AvgIpc) is 2.44. The molecule has 6 heteroatoms. The van der Waals surface area contributed by atoms with Crippen molar-refractivity contribution in [3.63, 3.8) is 0 Å². The summed E-state index contributed by atoms with van der Waals surface area (Å²) in [4.78, 5) is 22.0. The third kappa shape index (κ3) is 2.73. The first-order chi connectivity index (χ1) is 6.91. The van der Waals surface area contributed by atoms with Crippen LogP contribution in [-0.4, -0.2) is 27.6 Å². The molecule has 1 atom stereocenters. The molecule has 1 aromatic heterocycles. The van der Waals surface area contributed by atoms with Gasteiger partial charge in [-0.15, -0.1) is 0 Å². The lowest BCUT2D eigenvalue weighted by molar-refractivity contribution is -0.138. The number of carbonyl (C=O) groups excluding carboxylic acids is 1. The molecule has 0 radical (unpaired) electrons. The lowest BCUT2D eigenvalue weighted by Crippen LogP contribution is -2.38. The van der Waals surface area contributed by atoms with Crippen LogP contribution in [0.1, 0.15) is 17.4 Å². The summed E-state index contributed by atoms with van der Waals surface area (Å²) in [7, 11) is 1.66. The van der Waals surface area contributed by atoms with Gasteiger partial charge in [0.05, 0.1) is 5.02 Å². The highest BCUT2D eigenvalue weighted by atomic mass is 35.5. The summed E-state index contributed by atoms with van der Waals surface area (Å²) in [6.07, 6.45) is 1.57. The van der Waals surface area contributed by atoms with E-state index in [1.54, 1.807) is 13.2 Å². The average molecular weight is 231 g/mol. The van der Waals surface area contributed by atoms with Crippen molar-refractivity contribution in [3.05, 3.63) is 23.0 Å². The van der Waals surface area contributed by atoms with Crippen molar-refractivity contribution in [2.75, 3.05) is 0 Å². The molecule has 15 heavy (non-hydrogen) atoms. The number of aromatic nitrogens is 1. The van der Waals surface area contributed by atoms with Crippen LogP contribution in [0.25, 0.3) is 0 Å². The molecule has 5 nitrogen and oxygen atoms in total. The zero-order valence-corrected chi connectivity index (χ0v) is 9.08. The summed E-state index contributed by atoms with van der Waals surface area (Å²) in [5.41, 5.74) is 0.327. The predicted octanol–water partition coefficient (Wildman–Crippen LogP) is 0.881. The Morgan fingerprint density at radius 1 is 1.60 bits per heavy atom. The molecule has 2 N–H and O–H groups in total. The summed E-state index contributed by atoms with van der Waals surface area (Å²) in [6, 6.07) is 0.553. The molecular formula is C9H11ClN2O3. The third-order valence-electron chi connectivity index (χ3n) is 1.92. The maximum absolute atomic E-state index is 11.5. The lowest BCUT2D eigenvalue weighted by Gasteiger charge is -2.09. The molecule has 1 rings (SSSR count). The number of carboxylic acid groups (broad SMARTS) is 1. The Hall–Kier alpha value is -1.49. The van der Waals surface area contributed by atoms with Gasteiger partial charge in [0.15, 0.2) is 0 Å². The second-order valence-corrected chi connectivity index (χ2v) is 3.62. The molecular weight excluding hydrogens is 220 g/mol. The number of aryl methyl sites for hydroxylation is 1. The Balaban J connectivity index is 2.77. The zero-order chi connectivity index (χ0) is 11.6. The van der Waals surface area contributed by atoms with Gasteiger partial charge in [-0.2, -0.15) is 0 Å². The maximum Gasteiger partial charge on any atom is 0.325 e. The first-order valence-electron chi connectivity index (χ1n) is 4.27. The van der Waals surface area contributed by atoms with E-state index in [2.05, 4.69) is 5.32 Å². The largest absolute Gasteiger partial charge is 0.480 e. The second-order valence-electron chi connectivity index (χ2n) is 3.19. The quantitative estimate of drug-likeness (QED) is 0.810. The van der Waals surface area contributed by atoms with Crippen molar-refractivity contribution in [2.45, 2.75) is 13.0 Å². The van der Waals surface area contributed by atoms with E-state index in [1.807, 2.05) is 0 Å². The normalized spacial score (nSPS) is 12.2. The highest BCUT2D eigenvalue weighted by Gasteiger charge is 2.17. The summed E-state index contributed by atoms with van der Waals surface area (Å²) in [5, 5.41) is 11.4. The van der Waals surface area contributed by atoms with Crippen LogP contribution in [0.5, 0.6) is 0 Å². The molecule has 82 valence electrons. The van der Waals surface area contributed by atoms with Gasteiger partial charge >= 0.3 is 5.97 Å². The van der Waals surface area contributed by atoms with Gasteiger partial charge in [0, 0.05) is 13.2 Å². The SMILES string of the molecule is C[C@H](NC(=O)c1cc(Cl)cn1C)C(=O)O. The summed E-state index contributed by atoms with van der Waals surface area (Å²) in [5.74, 6) is -1.54. The second kappa shape index (κ2) is 4.35. The van der Waals surface area contributed by atoms with Gasteiger partial charge in [0.25, 0.3) is 5.91 Å². The first kappa shape index (κ1) is 11.6. The van der Waals surface area contributed by atoms with E-state index in [0.29, 0.717) is 10.7 Å². The Morgan fingerprint density at radius 3 is 2.60 bits per heavy atom. The molecule has 0 aliphatic carbocycles. The minimum absolute atomic E-state index is 0.327. The van der Waals surface area contributed by atoms with Crippen LogP contribution in [0.15, 0.2) is 12.3 Å². The number of hydrogen-bond acceptors (Lipinski definition) is 2. The maximum atomic E-state index is 11.5. The van der Waals surface area contributed by atoms with Crippen molar-refractivity contribution in [2.24, 2.45) is 7.05 Å². The molecule has 0 saturated carbocycles. The van der Waals surface area contributed by atoms with Crippen LogP contribution in [0.3, 0.4) is 0 Å². The predicted molar refractivity (Wildman–Crippen MR) is 55.0 cm³/mol. The van der Waals surface area contributed by atoms with E-state index in [-0.39, 0.29) is 0 Å². The van der Waals surface area contributed by atoms with Crippen LogP contribution in [0.2, 0.25) is 5.02 Å². The van der Waals surface area contributed by atoms with Gasteiger partial charge in [0.1, 0.15) is 11.7 Å². The Bertz CT molecular complexity index is 400. The molecule has 0 saturated heterocycles. The minimum Gasteiger partial charge on any atom is -0.480 e. The highest BCUT2D eigenvalue weighted by molar-refractivity contribution is 6.31. The van der Waals surface area contributed by atoms with Gasteiger partial charge < -0.3 is 15.0 Å². The minimum atomic E-state index is -1.08. The number of nitrogens with zero attached hydrogens (tertiary/aromatic N) is 1. The molecule has 0 aliphatic heterocycles. The van der Waals surface area contributed by atoms with Crippen LogP contribution in [-0.2, 0) is 11.8 Å². The molecule has 1 heterocycles. The number of amides is 1. The van der Waals surface area contributed by atoms with Gasteiger partial charge in [-0.05, 0) is 13.0 Å². The number of rotatable bonds is 3. The molecule has 0 fully saturated rings. The number of carboxylic acids is 1. The molecule has 0 aromatic carbocycles. The van der Waals surface area contributed by atoms with E-state index in [4.69, 9.17) is 16.7 Å². The number of aliphatic carboxylic acids is 1. The van der Waals surface area contributed by atoms with E-state index in [9.17, 15) is 9.59 Å². The van der Waals surface area contributed by atoms with Crippen molar-refractivity contribution >= 4 is 23.5 Å². The molecule has 1 aromatic rings. The monoisotopic (exact) mass is 230 g/mol. The van der Waals surface area contributed by atoms with Gasteiger partial charge in [0.2, 0.25) is 0 Å². The molecule has 0 aliphatic rings. The van der Waals surface area contributed by atoms with Crippen LogP contribution in [0, 0.1) is 0 Å². The van der Waals surface area contributed by atoms with Crippen LogP contribution in [0.4, 0.5) is 0 Å². The number of hydrogen-bond donors (Lipinski definition) is 2. The Labute approximate surface area is 91.6 Å². The van der Waals surface area contributed by atoms with Crippen LogP contribution < -0.4 is 5.32 Å². The van der Waals surface area contributed by atoms with E-state index in [0.717, 1.165) is 0 Å². The van der Waals surface area contributed by atoms with Gasteiger partial charge in [-0.1, -0.05) is 11.6 Å². The number of nitrogens with one attached hydrogen (secondary N) is 1. The van der Waals surface area contributed by atoms with E-state index in [1.165, 1.54) is 17.6 Å². The topological polar surface area (TPSA) is 71.3 Å². The standard InChI is InChI=1S/C9H11ClN2O3/c1-5(9(14)15)11-8(13)7-3-6(10)4-12(7)2/h3-5H,1-2H3,(H,11,13)(H,14,15)/t5-/m0/s1. The lowest BCUT2D eigenvalue weighted by atomic mass is 10.3. The number of carbonyl (C=O) groups is 2. The van der Waals surface area contributed by atoms with Gasteiger partial charge in [-0.3, -0.25) is 9.59 Å². The molecule has 0 bridgehead atoms. The van der Waals surface area contributed by atoms with Crippen molar-refractivity contribution in [3.8, 4) is 0 Å². The molecule has 0 spiro atoms. The summed E-state index contributed by atoms with van der Waals surface area (Å²) >= 11 is 5.69. The zero-order valence-electron chi connectivity index (χ0n) is 8.32. The fraction of sp³-hybridized carbons (Fsp3) is 0.333. The summed E-state index contributed by atoms with van der Waals surface area (Å²) < 4.78 is 1.53. The van der Waals surface area contributed by atoms with Crippen LogP contribution >= 0.6 is 11.6 Å². The molecule has 0 unspecified atom stereocenters. The van der Waals surface area contributed by atoms with E-state index < -0.39 is 17.9 Å². The van der Waals surface area contributed by atoms with Gasteiger partial charge in [-0.25, -0.2) is 0 Å². The number of halogens is 1. The molecule has 1 amide bonds. The smallest absolute Gasteiger partial charge is 0.325 e. The van der Waals surface area contributed by atoms with E-state index >= 15 is 0 Å². The Kier molecular flexibility index (Phi) is 3.36. The van der Waals surface area contributed by atoms with Crippen molar-refractivity contribution in [1.29, 1.82) is 0 Å². The fourth-order valence-corrected chi connectivity index (χ4v) is 1.33. The first-order valence-corrected chi connectivity index (χ1v) is 4.65. The van der Waals surface area contributed by atoms with Crippen molar-refractivity contribution < 1.29 is 14.7 Å². The summed E-state index contributed by atoms with van der Waals surface area (Å²) in [6.45, 7) is 1.39. The fourth-order valence-electron chi connectivity index (χ4n) is 1.08.